The van der Waals surface area contributed by atoms with E-state index in [-0.39, 0.29) is 6.10 Å². The highest BCUT2D eigenvalue weighted by Gasteiger charge is 2.03. The molecule has 0 saturated heterocycles. The van der Waals surface area contributed by atoms with E-state index < -0.39 is 0 Å². The summed E-state index contributed by atoms with van der Waals surface area (Å²) in [4.78, 5) is 7.57. The molecule has 1 unspecified atom stereocenters. The molecule has 0 spiro atoms. The first-order valence-corrected chi connectivity index (χ1v) is 5.66. The SMILES string of the molecule is CCC(O)CCNc1nc2ccccc2[nH]1. The quantitative estimate of drug-likeness (QED) is 0.722. The Hall–Kier alpha value is -1.55. The highest BCUT2D eigenvalue weighted by atomic mass is 16.3. The number of aliphatic hydroxyl groups is 1. The Morgan fingerprint density at radius 2 is 2.25 bits per heavy atom. The maximum Gasteiger partial charge on any atom is 0.201 e. The third kappa shape index (κ3) is 2.52. The van der Waals surface area contributed by atoms with E-state index >= 15 is 0 Å². The van der Waals surface area contributed by atoms with Crippen LogP contribution < -0.4 is 5.32 Å². The molecule has 3 N–H and O–H groups in total. The first kappa shape index (κ1) is 11.0. The number of hydrogen-bond acceptors (Lipinski definition) is 3. The summed E-state index contributed by atoms with van der Waals surface area (Å²) in [7, 11) is 0. The van der Waals surface area contributed by atoms with Gasteiger partial charge in [-0.3, -0.25) is 0 Å². The average Bonchev–Trinajstić information content (AvgIpc) is 2.71. The Balaban J connectivity index is 1.94. The Morgan fingerprint density at radius 3 is 3.00 bits per heavy atom. The molecule has 0 radical (unpaired) electrons. The molecular formula is C12H17N3O. The average molecular weight is 219 g/mol. The number of fused-ring (bicyclic) bond motifs is 1. The number of hydrogen-bond donors (Lipinski definition) is 3. The van der Waals surface area contributed by atoms with Gasteiger partial charge in [0.15, 0.2) is 0 Å². The summed E-state index contributed by atoms with van der Waals surface area (Å²) in [5, 5.41) is 12.6. The van der Waals surface area contributed by atoms with Gasteiger partial charge >= 0.3 is 0 Å². The molecule has 0 aliphatic carbocycles. The maximum atomic E-state index is 9.41. The van der Waals surface area contributed by atoms with Crippen molar-refractivity contribution in [3.05, 3.63) is 24.3 Å². The molecule has 1 atom stereocenters. The van der Waals surface area contributed by atoms with Crippen LogP contribution in [0.5, 0.6) is 0 Å². The highest BCUT2D eigenvalue weighted by Crippen LogP contribution is 2.13. The van der Waals surface area contributed by atoms with Crippen molar-refractivity contribution in [3.63, 3.8) is 0 Å². The van der Waals surface area contributed by atoms with Gasteiger partial charge < -0.3 is 15.4 Å². The number of imidazole rings is 1. The maximum absolute atomic E-state index is 9.41. The van der Waals surface area contributed by atoms with Crippen LogP contribution in [0, 0.1) is 0 Å². The van der Waals surface area contributed by atoms with Crippen molar-refractivity contribution in [1.29, 1.82) is 0 Å². The minimum atomic E-state index is -0.225. The molecule has 0 fully saturated rings. The topological polar surface area (TPSA) is 60.9 Å². The van der Waals surface area contributed by atoms with Gasteiger partial charge in [-0.05, 0) is 25.0 Å². The van der Waals surface area contributed by atoms with E-state index in [4.69, 9.17) is 0 Å². The predicted octanol–water partition coefficient (Wildman–Crippen LogP) is 2.14. The number of aliphatic hydroxyl groups excluding tert-OH is 1. The van der Waals surface area contributed by atoms with E-state index in [9.17, 15) is 5.11 Å². The summed E-state index contributed by atoms with van der Waals surface area (Å²) in [5.41, 5.74) is 1.99. The minimum Gasteiger partial charge on any atom is -0.393 e. The van der Waals surface area contributed by atoms with Gasteiger partial charge in [0.05, 0.1) is 17.1 Å². The molecule has 0 bridgehead atoms. The van der Waals surface area contributed by atoms with Crippen LogP contribution in [0.1, 0.15) is 19.8 Å². The summed E-state index contributed by atoms with van der Waals surface area (Å²) in [6.07, 6.45) is 1.31. The molecule has 0 saturated carbocycles. The fraction of sp³-hybridized carbons (Fsp3) is 0.417. The van der Waals surface area contributed by atoms with Gasteiger partial charge in [-0.15, -0.1) is 0 Å². The lowest BCUT2D eigenvalue weighted by atomic mass is 10.2. The van der Waals surface area contributed by atoms with Crippen molar-refractivity contribution in [2.45, 2.75) is 25.9 Å². The highest BCUT2D eigenvalue weighted by molar-refractivity contribution is 5.77. The van der Waals surface area contributed by atoms with E-state index in [1.54, 1.807) is 0 Å². The number of aromatic nitrogens is 2. The van der Waals surface area contributed by atoms with Crippen molar-refractivity contribution in [2.75, 3.05) is 11.9 Å². The third-order valence-electron chi connectivity index (χ3n) is 2.63. The van der Waals surface area contributed by atoms with E-state index in [0.29, 0.717) is 0 Å². The number of nitrogens with one attached hydrogen (secondary N) is 2. The molecule has 4 heteroatoms. The lowest BCUT2D eigenvalue weighted by Crippen LogP contribution is -2.12. The Bertz CT molecular complexity index is 419. The summed E-state index contributed by atoms with van der Waals surface area (Å²) in [5.74, 6) is 0.768. The number of aromatic amines is 1. The summed E-state index contributed by atoms with van der Waals surface area (Å²) in [6.45, 7) is 2.71. The van der Waals surface area contributed by atoms with Gasteiger partial charge in [0, 0.05) is 6.54 Å². The van der Waals surface area contributed by atoms with Crippen LogP contribution in [0.4, 0.5) is 5.95 Å². The van der Waals surface area contributed by atoms with Crippen LogP contribution in [0.3, 0.4) is 0 Å². The van der Waals surface area contributed by atoms with E-state index in [1.807, 2.05) is 31.2 Å². The predicted molar refractivity (Wildman–Crippen MR) is 65.5 cm³/mol. The van der Waals surface area contributed by atoms with E-state index in [1.165, 1.54) is 0 Å². The smallest absolute Gasteiger partial charge is 0.201 e. The van der Waals surface area contributed by atoms with Crippen LogP contribution >= 0.6 is 0 Å². The second kappa shape index (κ2) is 4.99. The number of para-hydroxylation sites is 2. The first-order chi connectivity index (χ1) is 7.79. The Morgan fingerprint density at radius 1 is 1.44 bits per heavy atom. The number of rotatable bonds is 5. The number of anilines is 1. The fourth-order valence-electron chi connectivity index (χ4n) is 1.60. The zero-order valence-electron chi connectivity index (χ0n) is 9.40. The summed E-state index contributed by atoms with van der Waals surface area (Å²) < 4.78 is 0. The van der Waals surface area contributed by atoms with E-state index in [2.05, 4.69) is 15.3 Å². The van der Waals surface area contributed by atoms with Crippen molar-refractivity contribution >= 4 is 17.0 Å². The van der Waals surface area contributed by atoms with Crippen molar-refractivity contribution < 1.29 is 5.11 Å². The molecule has 1 aromatic heterocycles. The molecule has 2 rings (SSSR count). The molecule has 1 aromatic carbocycles. The van der Waals surface area contributed by atoms with Crippen LogP contribution in [0.25, 0.3) is 11.0 Å². The largest absolute Gasteiger partial charge is 0.393 e. The van der Waals surface area contributed by atoms with E-state index in [0.717, 1.165) is 36.4 Å². The second-order valence-corrected chi connectivity index (χ2v) is 3.88. The summed E-state index contributed by atoms with van der Waals surface area (Å²) >= 11 is 0. The minimum absolute atomic E-state index is 0.225. The molecule has 2 aromatic rings. The molecule has 1 heterocycles. The molecular weight excluding hydrogens is 202 g/mol. The first-order valence-electron chi connectivity index (χ1n) is 5.66. The zero-order valence-corrected chi connectivity index (χ0v) is 9.40. The standard InChI is InChI=1S/C12H17N3O/c1-2-9(16)7-8-13-12-14-10-5-3-4-6-11(10)15-12/h3-6,9,16H,2,7-8H2,1H3,(H2,13,14,15). The van der Waals surface area contributed by atoms with Gasteiger partial charge in [-0.1, -0.05) is 19.1 Å². The van der Waals surface area contributed by atoms with Gasteiger partial charge in [-0.2, -0.15) is 0 Å². The second-order valence-electron chi connectivity index (χ2n) is 3.88. The fourth-order valence-corrected chi connectivity index (χ4v) is 1.60. The van der Waals surface area contributed by atoms with Crippen molar-refractivity contribution in [1.82, 2.24) is 9.97 Å². The Kier molecular flexibility index (Phi) is 3.41. The monoisotopic (exact) mass is 219 g/mol. The molecule has 86 valence electrons. The number of benzene rings is 1. The molecule has 4 nitrogen and oxygen atoms in total. The molecule has 0 aliphatic rings. The third-order valence-corrected chi connectivity index (χ3v) is 2.63. The van der Waals surface area contributed by atoms with Crippen molar-refractivity contribution in [2.24, 2.45) is 0 Å². The number of nitrogens with zero attached hydrogens (tertiary/aromatic N) is 1. The van der Waals surface area contributed by atoms with Crippen LogP contribution in [-0.4, -0.2) is 27.7 Å². The van der Waals surface area contributed by atoms with Crippen LogP contribution in [0.15, 0.2) is 24.3 Å². The molecule has 0 aliphatic heterocycles. The van der Waals surface area contributed by atoms with Gasteiger partial charge in [0.1, 0.15) is 0 Å². The summed E-state index contributed by atoms with van der Waals surface area (Å²) in [6, 6.07) is 7.91. The Labute approximate surface area is 94.7 Å². The lowest BCUT2D eigenvalue weighted by Gasteiger charge is -2.07. The van der Waals surface area contributed by atoms with Crippen LogP contribution in [0.2, 0.25) is 0 Å². The molecule has 16 heavy (non-hydrogen) atoms. The van der Waals surface area contributed by atoms with Gasteiger partial charge in [-0.25, -0.2) is 4.98 Å². The van der Waals surface area contributed by atoms with Gasteiger partial charge in [0.25, 0.3) is 0 Å². The number of H-pyrrole nitrogens is 1. The zero-order chi connectivity index (χ0) is 11.4. The normalized spacial score (nSPS) is 12.9. The van der Waals surface area contributed by atoms with Crippen LogP contribution in [-0.2, 0) is 0 Å². The van der Waals surface area contributed by atoms with Gasteiger partial charge in [0.2, 0.25) is 5.95 Å². The molecule has 0 amide bonds. The van der Waals surface area contributed by atoms with Crippen molar-refractivity contribution in [3.8, 4) is 0 Å². The lowest BCUT2D eigenvalue weighted by molar-refractivity contribution is 0.164.